The number of aromatic hydroxyl groups is 3. The van der Waals surface area contributed by atoms with E-state index in [1.165, 1.54) is 23.3 Å². The third-order valence-electron chi connectivity index (χ3n) is 5.69. The number of aromatic carboxylic acids is 1. The summed E-state index contributed by atoms with van der Waals surface area (Å²) in [4.78, 5) is 16.0. The zero-order valence-electron chi connectivity index (χ0n) is 16.4. The molecule has 0 fully saturated rings. The molecule has 1 aromatic heterocycles. The maximum atomic E-state index is 10.3. The number of fused-ring (bicyclic) bond motifs is 2. The first-order valence-electron chi connectivity index (χ1n) is 9.61. The number of rotatable bonds is 1. The number of hydrogen-bond donors (Lipinski definition) is 4. The fraction of sp³-hybridized carbons (Fsp3) is 0.217. The minimum Gasteiger partial charge on any atom is -0.506 e. The number of benzene rings is 2. The average Bonchev–Trinajstić information content (AvgIpc) is 2.74. The summed E-state index contributed by atoms with van der Waals surface area (Å²) in [6, 6.07) is 12.7. The minimum absolute atomic E-state index is 0.0163. The van der Waals surface area contributed by atoms with E-state index in [-0.39, 0.29) is 22.9 Å². The molecular formula is C23H22N2O5. The Labute approximate surface area is 173 Å². The van der Waals surface area contributed by atoms with Crippen molar-refractivity contribution in [1.29, 1.82) is 0 Å². The SMILES string of the molecule is CN1CCc2cccc3c2[C@H]1Cc1ccc(O)c(O)c1-3.O=C(O)c1ccc(O)cn1. The Bertz CT molecular complexity index is 1110. The van der Waals surface area contributed by atoms with Crippen molar-refractivity contribution in [2.75, 3.05) is 13.6 Å². The smallest absolute Gasteiger partial charge is 0.354 e. The number of pyridine rings is 1. The van der Waals surface area contributed by atoms with Gasteiger partial charge >= 0.3 is 5.97 Å². The van der Waals surface area contributed by atoms with Gasteiger partial charge in [0.25, 0.3) is 0 Å². The van der Waals surface area contributed by atoms with Crippen molar-refractivity contribution in [3.05, 3.63) is 71.0 Å². The molecule has 0 radical (unpaired) electrons. The van der Waals surface area contributed by atoms with Crippen molar-refractivity contribution in [2.24, 2.45) is 0 Å². The second-order valence-electron chi connectivity index (χ2n) is 7.50. The number of carboxylic acid groups (broad SMARTS) is 1. The molecule has 7 heteroatoms. The molecule has 0 saturated heterocycles. The van der Waals surface area contributed by atoms with Crippen LogP contribution in [0.5, 0.6) is 17.2 Å². The Hall–Kier alpha value is -3.58. The summed E-state index contributed by atoms with van der Waals surface area (Å²) in [5.41, 5.74) is 5.64. The molecule has 1 aliphatic heterocycles. The number of phenolic OH excluding ortho intramolecular Hbond substituents is 2. The largest absolute Gasteiger partial charge is 0.506 e. The van der Waals surface area contributed by atoms with Crippen molar-refractivity contribution < 1.29 is 25.2 Å². The van der Waals surface area contributed by atoms with Crippen LogP contribution in [0.1, 0.15) is 33.2 Å². The molecule has 2 aromatic carbocycles. The first-order valence-corrected chi connectivity index (χ1v) is 9.61. The number of carbonyl (C=O) groups is 1. The molecule has 0 bridgehead atoms. The molecule has 3 aromatic rings. The van der Waals surface area contributed by atoms with E-state index in [9.17, 15) is 15.0 Å². The number of aromatic nitrogens is 1. The highest BCUT2D eigenvalue weighted by Gasteiger charge is 2.34. The van der Waals surface area contributed by atoms with Crippen molar-refractivity contribution in [2.45, 2.75) is 18.9 Å². The highest BCUT2D eigenvalue weighted by molar-refractivity contribution is 5.85. The van der Waals surface area contributed by atoms with Crippen molar-refractivity contribution >= 4 is 5.97 Å². The predicted molar refractivity (Wildman–Crippen MR) is 111 cm³/mol. The van der Waals surface area contributed by atoms with Crippen LogP contribution in [0.15, 0.2) is 48.7 Å². The van der Waals surface area contributed by atoms with Crippen LogP contribution in [0.4, 0.5) is 0 Å². The zero-order valence-corrected chi connectivity index (χ0v) is 16.4. The van der Waals surface area contributed by atoms with Gasteiger partial charge in [-0.15, -0.1) is 0 Å². The molecule has 5 rings (SSSR count). The first kappa shape index (κ1) is 19.7. The average molecular weight is 406 g/mol. The Morgan fingerprint density at radius 3 is 2.57 bits per heavy atom. The fourth-order valence-corrected chi connectivity index (χ4v) is 4.19. The molecule has 4 N–H and O–H groups in total. The van der Waals surface area contributed by atoms with Gasteiger partial charge in [-0.05, 0) is 60.3 Å². The third-order valence-corrected chi connectivity index (χ3v) is 5.69. The van der Waals surface area contributed by atoms with E-state index in [1.807, 2.05) is 6.07 Å². The molecule has 0 saturated carbocycles. The third kappa shape index (κ3) is 3.44. The summed E-state index contributed by atoms with van der Waals surface area (Å²) in [7, 11) is 2.16. The lowest BCUT2D eigenvalue weighted by molar-refractivity contribution is 0.0690. The first-order chi connectivity index (χ1) is 14.4. The number of carboxylic acids is 1. The fourth-order valence-electron chi connectivity index (χ4n) is 4.19. The topological polar surface area (TPSA) is 114 Å². The molecule has 154 valence electrons. The van der Waals surface area contributed by atoms with Crippen LogP contribution in [0, 0.1) is 0 Å². The Morgan fingerprint density at radius 1 is 1.07 bits per heavy atom. The number of hydrogen-bond acceptors (Lipinski definition) is 6. The summed E-state index contributed by atoms with van der Waals surface area (Å²) >= 11 is 0. The van der Waals surface area contributed by atoms with Crippen LogP contribution in [0.25, 0.3) is 11.1 Å². The normalized spacial score (nSPS) is 16.6. The lowest BCUT2D eigenvalue weighted by Crippen LogP contribution is -2.35. The summed E-state index contributed by atoms with van der Waals surface area (Å²) < 4.78 is 0. The minimum atomic E-state index is -1.10. The number of phenols is 2. The summed E-state index contributed by atoms with van der Waals surface area (Å²) in [6.07, 6.45) is 3.03. The van der Waals surface area contributed by atoms with Gasteiger partial charge in [0.05, 0.1) is 6.20 Å². The van der Waals surface area contributed by atoms with Gasteiger partial charge in [-0.25, -0.2) is 9.78 Å². The van der Waals surface area contributed by atoms with E-state index >= 15 is 0 Å². The molecule has 0 spiro atoms. The lowest BCUT2D eigenvalue weighted by Gasteiger charge is -2.39. The molecule has 1 aliphatic carbocycles. The number of likely N-dealkylation sites (N-methyl/N-ethyl adjacent to an activating group) is 1. The zero-order chi connectivity index (χ0) is 21.4. The van der Waals surface area contributed by atoms with Crippen LogP contribution < -0.4 is 0 Å². The molecule has 1 atom stereocenters. The monoisotopic (exact) mass is 406 g/mol. The second kappa shape index (κ2) is 7.68. The molecule has 2 aliphatic rings. The van der Waals surface area contributed by atoms with Gasteiger partial charge in [0.2, 0.25) is 0 Å². The van der Waals surface area contributed by atoms with Gasteiger partial charge in [-0.3, -0.25) is 4.90 Å². The molecule has 0 unspecified atom stereocenters. The molecule has 0 amide bonds. The highest BCUT2D eigenvalue weighted by Crippen LogP contribution is 2.49. The van der Waals surface area contributed by atoms with Crippen molar-refractivity contribution in [3.8, 4) is 28.4 Å². The maximum Gasteiger partial charge on any atom is 0.354 e. The van der Waals surface area contributed by atoms with E-state index in [0.717, 1.165) is 42.3 Å². The van der Waals surface area contributed by atoms with E-state index in [2.05, 4.69) is 35.1 Å². The summed E-state index contributed by atoms with van der Waals surface area (Å²) in [5, 5.41) is 37.1. The standard InChI is InChI=1S/C17H17NO2.C6H5NO3/c1-18-8-7-10-3-2-4-12-15(10)13(18)9-11-5-6-14(19)17(20)16(11)12;8-4-1-2-5(6(9)10)7-3-4/h2-6,13,19-20H,7-9H2,1H3;1-3,8H,(H,9,10)/t13-;/m1./s1. The van der Waals surface area contributed by atoms with Gasteiger partial charge in [0.1, 0.15) is 11.4 Å². The van der Waals surface area contributed by atoms with E-state index in [4.69, 9.17) is 10.2 Å². The van der Waals surface area contributed by atoms with Crippen molar-refractivity contribution in [3.63, 3.8) is 0 Å². The van der Waals surface area contributed by atoms with Crippen LogP contribution in [-0.4, -0.2) is 49.9 Å². The van der Waals surface area contributed by atoms with E-state index < -0.39 is 5.97 Å². The second-order valence-corrected chi connectivity index (χ2v) is 7.50. The van der Waals surface area contributed by atoms with E-state index in [1.54, 1.807) is 6.07 Å². The molecular weight excluding hydrogens is 384 g/mol. The Kier molecular flexibility index (Phi) is 5.05. The van der Waals surface area contributed by atoms with Crippen LogP contribution in [0.3, 0.4) is 0 Å². The van der Waals surface area contributed by atoms with Gasteiger partial charge in [-0.1, -0.05) is 24.3 Å². The molecule has 30 heavy (non-hydrogen) atoms. The lowest BCUT2D eigenvalue weighted by atomic mass is 9.77. The Morgan fingerprint density at radius 2 is 1.87 bits per heavy atom. The van der Waals surface area contributed by atoms with Crippen molar-refractivity contribution in [1.82, 2.24) is 9.88 Å². The summed E-state index contributed by atoms with van der Waals surface area (Å²) in [6.45, 7) is 1.07. The molecule has 2 heterocycles. The molecule has 7 nitrogen and oxygen atoms in total. The number of nitrogens with zero attached hydrogens (tertiary/aromatic N) is 2. The Balaban J connectivity index is 0.000000185. The van der Waals surface area contributed by atoms with Gasteiger partial charge in [-0.2, -0.15) is 0 Å². The van der Waals surface area contributed by atoms with Crippen LogP contribution >= 0.6 is 0 Å². The van der Waals surface area contributed by atoms with Gasteiger partial charge in [0.15, 0.2) is 11.5 Å². The van der Waals surface area contributed by atoms with Gasteiger partial charge < -0.3 is 20.4 Å². The van der Waals surface area contributed by atoms with Crippen LogP contribution in [0.2, 0.25) is 0 Å². The maximum absolute atomic E-state index is 10.3. The highest BCUT2D eigenvalue weighted by atomic mass is 16.4. The quantitative estimate of drug-likeness (QED) is 0.458. The van der Waals surface area contributed by atoms with Crippen LogP contribution in [-0.2, 0) is 12.8 Å². The summed E-state index contributed by atoms with van der Waals surface area (Å²) in [5.74, 6) is -1.16. The van der Waals surface area contributed by atoms with E-state index in [0.29, 0.717) is 6.04 Å². The van der Waals surface area contributed by atoms with Gasteiger partial charge in [0, 0.05) is 18.2 Å². The predicted octanol–water partition coefficient (Wildman–Crippen LogP) is 3.34.